The predicted molar refractivity (Wildman–Crippen MR) is 131 cm³/mol. The van der Waals surface area contributed by atoms with Gasteiger partial charge in [0.1, 0.15) is 11.9 Å². The minimum Gasteiger partial charge on any atom is -0.421 e. The molecule has 36 heavy (non-hydrogen) atoms. The Labute approximate surface area is 213 Å². The molecule has 3 aliphatic heterocycles. The number of carbonyl (C=O) groups excluding carboxylic acids is 1. The van der Waals surface area contributed by atoms with Crippen LogP contribution in [0.1, 0.15) is 38.0 Å². The Balaban J connectivity index is 1.22. The molecule has 12 heteroatoms. The van der Waals surface area contributed by atoms with Crippen LogP contribution in [-0.4, -0.2) is 73.1 Å². The normalized spacial score (nSPS) is 26.0. The number of amides is 2. The molecule has 3 atom stereocenters. The van der Waals surface area contributed by atoms with Gasteiger partial charge in [-0.15, -0.1) is 10.2 Å². The van der Waals surface area contributed by atoms with Gasteiger partial charge in [0.15, 0.2) is 5.82 Å². The zero-order chi connectivity index (χ0) is 24.9. The van der Waals surface area contributed by atoms with Crippen LogP contribution < -0.4 is 5.32 Å². The Morgan fingerprint density at radius 2 is 2.08 bits per heavy atom. The summed E-state index contributed by atoms with van der Waals surface area (Å²) in [5.74, 6) is 2.06. The monoisotopic (exact) mass is 512 g/mol. The summed E-state index contributed by atoms with van der Waals surface area (Å²) in [6.45, 7) is 5.90. The molecule has 0 spiro atoms. The van der Waals surface area contributed by atoms with Crippen molar-refractivity contribution < 1.29 is 13.9 Å². The largest absolute Gasteiger partial charge is 0.421 e. The summed E-state index contributed by atoms with van der Waals surface area (Å²) < 4.78 is 13.2. The van der Waals surface area contributed by atoms with Crippen molar-refractivity contribution in [1.29, 1.82) is 0 Å². The van der Waals surface area contributed by atoms with E-state index in [0.29, 0.717) is 59.6 Å². The van der Waals surface area contributed by atoms with Crippen molar-refractivity contribution in [2.45, 2.75) is 44.3 Å². The molecule has 0 unspecified atom stereocenters. The molecule has 4 fully saturated rings. The molecule has 2 bridgehead atoms. The summed E-state index contributed by atoms with van der Waals surface area (Å²) in [6, 6.07) is 5.27. The van der Waals surface area contributed by atoms with Gasteiger partial charge >= 0.3 is 6.03 Å². The number of nitrogens with one attached hydrogen (secondary N) is 1. The van der Waals surface area contributed by atoms with Crippen LogP contribution in [0, 0.1) is 5.92 Å². The fourth-order valence-corrected chi connectivity index (χ4v) is 6.03. The predicted octanol–water partition coefficient (Wildman–Crippen LogP) is 3.28. The minimum atomic E-state index is -0.583. The van der Waals surface area contributed by atoms with E-state index in [9.17, 15) is 4.79 Å². The number of morpholine rings is 1. The van der Waals surface area contributed by atoms with Crippen LogP contribution in [-0.2, 0) is 23.9 Å². The fraction of sp³-hybridized carbons (Fsp3) is 0.542. The molecule has 2 amide bonds. The second-order valence-electron chi connectivity index (χ2n) is 10.1. The number of hydrogen-bond acceptors (Lipinski definition) is 8. The number of anilines is 1. The molecule has 4 aliphatic rings. The van der Waals surface area contributed by atoms with E-state index in [1.807, 2.05) is 4.90 Å². The van der Waals surface area contributed by atoms with Gasteiger partial charge in [-0.3, -0.25) is 9.58 Å². The third-order valence-corrected chi connectivity index (χ3v) is 7.69. The third-order valence-electron chi connectivity index (χ3n) is 7.36. The van der Waals surface area contributed by atoms with E-state index >= 15 is 0 Å². The molecule has 0 radical (unpaired) electrons. The summed E-state index contributed by atoms with van der Waals surface area (Å²) in [6.07, 6.45) is 4.18. The van der Waals surface area contributed by atoms with E-state index in [2.05, 4.69) is 37.4 Å². The van der Waals surface area contributed by atoms with Crippen LogP contribution in [0.2, 0.25) is 5.02 Å². The number of rotatable bonds is 5. The Hall–Kier alpha value is -3.02. The average Bonchev–Trinajstić information content (AvgIpc) is 3.49. The first kappa shape index (κ1) is 23.4. The van der Waals surface area contributed by atoms with Gasteiger partial charge in [-0.05, 0) is 37.0 Å². The lowest BCUT2D eigenvalue weighted by molar-refractivity contribution is -0.110. The van der Waals surface area contributed by atoms with Crippen molar-refractivity contribution >= 4 is 23.3 Å². The number of urea groups is 1. The first-order valence-electron chi connectivity index (χ1n) is 12.3. The average molecular weight is 513 g/mol. The minimum absolute atomic E-state index is 0.132. The maximum absolute atomic E-state index is 13.6. The number of nitrogens with zero attached hydrogens (tertiary/aromatic N) is 7. The molecule has 1 saturated carbocycles. The number of benzene rings is 1. The molecule has 7 rings (SSSR count). The molecule has 1 N–H and O–H groups in total. The Kier molecular flexibility index (Phi) is 5.93. The van der Waals surface area contributed by atoms with Crippen molar-refractivity contribution in [1.82, 2.24) is 34.8 Å². The molecule has 2 aromatic heterocycles. The first-order valence-corrected chi connectivity index (χ1v) is 12.7. The molecule has 190 valence electrons. The van der Waals surface area contributed by atoms with Gasteiger partial charge in [0.25, 0.3) is 0 Å². The van der Waals surface area contributed by atoms with Crippen molar-refractivity contribution in [3.63, 3.8) is 0 Å². The standard InChI is InChI=1S/C24H29ClN8O3/c1-15-9-17-12-24(11-15,22-29-28-20(36-22)13-32-5-7-35-8-6-32)33(17)23(34)27-16-3-4-19(25)18(10-16)21-26-14-31(2)30-21/h3-4,10,14-15,17H,5-9,11-13H2,1-2H3,(H,27,34)/t15-,17-,24+/m1/s1. The van der Waals surface area contributed by atoms with Crippen LogP contribution in [0.5, 0.6) is 0 Å². The van der Waals surface area contributed by atoms with Crippen LogP contribution in [0.4, 0.5) is 10.5 Å². The van der Waals surface area contributed by atoms with Crippen molar-refractivity contribution in [2.75, 3.05) is 31.6 Å². The van der Waals surface area contributed by atoms with Gasteiger partial charge in [-0.1, -0.05) is 18.5 Å². The number of carbonyl (C=O) groups is 1. The molecular weight excluding hydrogens is 484 g/mol. The van der Waals surface area contributed by atoms with Gasteiger partial charge in [-0.25, -0.2) is 9.78 Å². The fourth-order valence-electron chi connectivity index (χ4n) is 5.83. The maximum Gasteiger partial charge on any atom is 0.323 e. The van der Waals surface area contributed by atoms with E-state index in [-0.39, 0.29) is 12.1 Å². The molecule has 11 nitrogen and oxygen atoms in total. The van der Waals surface area contributed by atoms with Gasteiger partial charge in [0, 0.05) is 43.9 Å². The smallest absolute Gasteiger partial charge is 0.323 e. The van der Waals surface area contributed by atoms with Gasteiger partial charge in [0.2, 0.25) is 11.8 Å². The topological polar surface area (TPSA) is 114 Å². The van der Waals surface area contributed by atoms with E-state index in [0.717, 1.165) is 32.4 Å². The van der Waals surface area contributed by atoms with E-state index in [1.165, 1.54) is 0 Å². The van der Waals surface area contributed by atoms with Crippen molar-refractivity contribution in [3.8, 4) is 11.4 Å². The zero-order valence-corrected chi connectivity index (χ0v) is 21.1. The number of ether oxygens (including phenoxy) is 1. The molecule has 3 aromatic rings. The molecule has 5 heterocycles. The Bertz CT molecular complexity index is 1270. The second kappa shape index (κ2) is 9.13. The summed E-state index contributed by atoms with van der Waals surface area (Å²) in [5, 5.41) is 16.7. The van der Waals surface area contributed by atoms with Crippen LogP contribution in [0.25, 0.3) is 11.4 Å². The lowest BCUT2D eigenvalue weighted by Gasteiger charge is -2.61. The first-order chi connectivity index (χ1) is 17.4. The van der Waals surface area contributed by atoms with Gasteiger partial charge in [0.05, 0.1) is 24.8 Å². The lowest BCUT2D eigenvalue weighted by Crippen LogP contribution is -2.70. The molecule has 3 saturated heterocycles. The van der Waals surface area contributed by atoms with Crippen molar-refractivity contribution in [2.24, 2.45) is 13.0 Å². The maximum atomic E-state index is 13.6. The summed E-state index contributed by atoms with van der Waals surface area (Å²) in [7, 11) is 1.79. The van der Waals surface area contributed by atoms with Crippen LogP contribution in [0.3, 0.4) is 0 Å². The summed E-state index contributed by atoms with van der Waals surface area (Å²) >= 11 is 6.40. The molecular formula is C24H29ClN8O3. The highest BCUT2D eigenvalue weighted by molar-refractivity contribution is 6.33. The van der Waals surface area contributed by atoms with Crippen LogP contribution >= 0.6 is 11.6 Å². The number of aryl methyl sites for hydroxylation is 1. The third kappa shape index (κ3) is 4.14. The quantitative estimate of drug-likeness (QED) is 0.554. The Morgan fingerprint density at radius 1 is 1.25 bits per heavy atom. The Morgan fingerprint density at radius 3 is 2.86 bits per heavy atom. The zero-order valence-electron chi connectivity index (χ0n) is 20.4. The lowest BCUT2D eigenvalue weighted by atomic mass is 9.64. The van der Waals surface area contributed by atoms with E-state index < -0.39 is 5.54 Å². The highest BCUT2D eigenvalue weighted by Crippen LogP contribution is 2.55. The highest BCUT2D eigenvalue weighted by Gasteiger charge is 2.62. The number of halogens is 1. The summed E-state index contributed by atoms with van der Waals surface area (Å²) in [5.41, 5.74) is 0.700. The second-order valence-corrected chi connectivity index (χ2v) is 10.5. The van der Waals surface area contributed by atoms with E-state index in [4.69, 9.17) is 20.8 Å². The van der Waals surface area contributed by atoms with Gasteiger partial charge in [-0.2, -0.15) is 5.10 Å². The molecule has 1 aliphatic carbocycles. The number of aromatic nitrogens is 5. The number of fused-ring (bicyclic) bond motifs is 2. The van der Waals surface area contributed by atoms with Crippen molar-refractivity contribution in [3.05, 3.63) is 41.3 Å². The van der Waals surface area contributed by atoms with Crippen LogP contribution in [0.15, 0.2) is 28.9 Å². The van der Waals surface area contributed by atoms with E-state index in [1.54, 1.807) is 36.3 Å². The van der Waals surface area contributed by atoms with Gasteiger partial charge < -0.3 is 19.4 Å². The number of hydrogen-bond donors (Lipinski definition) is 1. The SMILES string of the molecule is C[C@@H]1C[C@@H]2C[C@](c3nnc(CN4CCOCC4)o3)(C1)N2C(=O)Nc1ccc(Cl)c(-c2ncn(C)n2)c1. The number of piperidine rings is 1. The summed E-state index contributed by atoms with van der Waals surface area (Å²) in [4.78, 5) is 22.0. The molecule has 1 aromatic carbocycles. The highest BCUT2D eigenvalue weighted by atomic mass is 35.5.